The molecule has 1 aliphatic heterocycles. The summed E-state index contributed by atoms with van der Waals surface area (Å²) in [6.07, 6.45) is 3.39. The van der Waals surface area contributed by atoms with Crippen LogP contribution < -0.4 is 8.92 Å². The van der Waals surface area contributed by atoms with E-state index in [0.29, 0.717) is 37.4 Å². The summed E-state index contributed by atoms with van der Waals surface area (Å²) in [5.41, 5.74) is 6.58. The highest BCUT2D eigenvalue weighted by Gasteiger charge is 2.33. The molecule has 2 heterocycles. The maximum absolute atomic E-state index is 13.3. The molecule has 0 bridgehead atoms. The second-order valence-corrected chi connectivity index (χ2v) is 15.3. The Kier molecular flexibility index (Phi) is 10.7. The topological polar surface area (TPSA) is 94.0 Å². The molecule has 1 amide bonds. The molecule has 0 saturated carbocycles. The molecule has 0 aliphatic carbocycles. The van der Waals surface area contributed by atoms with Crippen molar-refractivity contribution >= 4 is 21.7 Å². The van der Waals surface area contributed by atoms with Gasteiger partial charge >= 0.3 is 10.1 Å². The van der Waals surface area contributed by atoms with Gasteiger partial charge in [-0.15, -0.1) is 0 Å². The number of amides is 1. The molecule has 1 aliphatic rings. The summed E-state index contributed by atoms with van der Waals surface area (Å²) in [4.78, 5) is 22.2. The Labute approximate surface area is 291 Å². The van der Waals surface area contributed by atoms with E-state index in [2.05, 4.69) is 43.7 Å². The minimum Gasteiger partial charge on any atom is -0.493 e. The molecule has 4 aromatic rings. The number of ether oxygens (including phenoxy) is 1. The summed E-state index contributed by atoms with van der Waals surface area (Å²) in [5.74, 6) is 0.447. The monoisotopic (exact) mass is 684 g/mol. The summed E-state index contributed by atoms with van der Waals surface area (Å²) in [7, 11) is -2.62. The predicted octanol–water partition coefficient (Wildman–Crippen LogP) is 7.50. The van der Waals surface area contributed by atoms with Crippen molar-refractivity contribution in [2.24, 2.45) is 5.41 Å². The third-order valence-electron chi connectivity index (χ3n) is 9.04. The van der Waals surface area contributed by atoms with E-state index in [9.17, 15) is 13.2 Å². The first-order valence-electron chi connectivity index (χ1n) is 16.8. The number of aromatic nitrogens is 2. The molecule has 0 spiro atoms. The number of carbonyl (C=O) groups is 1. The lowest BCUT2D eigenvalue weighted by molar-refractivity contribution is 0.0773. The molecule has 0 radical (unpaired) electrons. The summed E-state index contributed by atoms with van der Waals surface area (Å²) in [5, 5.41) is 0. The summed E-state index contributed by atoms with van der Waals surface area (Å²) in [6.45, 7) is 19.5. The number of fused-ring (bicyclic) bond motifs is 1. The summed E-state index contributed by atoms with van der Waals surface area (Å²) >= 11 is 0. The highest BCUT2D eigenvalue weighted by Crippen LogP contribution is 2.43. The van der Waals surface area contributed by atoms with Crippen molar-refractivity contribution in [3.63, 3.8) is 0 Å². The van der Waals surface area contributed by atoms with Gasteiger partial charge in [0.25, 0.3) is 5.91 Å². The highest BCUT2D eigenvalue weighted by molar-refractivity contribution is 7.87. The maximum Gasteiger partial charge on any atom is 0.339 e. The molecule has 260 valence electrons. The first-order chi connectivity index (χ1) is 23.3. The number of rotatable bonds is 12. The van der Waals surface area contributed by atoms with Gasteiger partial charge < -0.3 is 18.4 Å². The van der Waals surface area contributed by atoms with E-state index < -0.39 is 10.1 Å². The molecular formula is C39H48N4O5S. The average molecular weight is 685 g/mol. The van der Waals surface area contributed by atoms with Gasteiger partial charge in [-0.05, 0) is 92.1 Å². The van der Waals surface area contributed by atoms with E-state index in [1.165, 1.54) is 19.2 Å². The zero-order valence-corrected chi connectivity index (χ0v) is 30.5. The Morgan fingerprint density at radius 2 is 1.69 bits per heavy atom. The molecule has 0 saturated heterocycles. The number of nitrogens with zero attached hydrogens (tertiary/aromatic N) is 4. The third-order valence-corrected chi connectivity index (χ3v) is 10.3. The second-order valence-electron chi connectivity index (χ2n) is 13.7. The highest BCUT2D eigenvalue weighted by atomic mass is 32.2. The van der Waals surface area contributed by atoms with E-state index in [-0.39, 0.29) is 28.0 Å². The first kappa shape index (κ1) is 35.9. The molecule has 1 aromatic heterocycles. The van der Waals surface area contributed by atoms with Crippen LogP contribution in [0, 0.1) is 12.3 Å². The third kappa shape index (κ3) is 7.92. The number of carbonyl (C=O) groups excluding carboxylic acids is 1. The van der Waals surface area contributed by atoms with Crippen molar-refractivity contribution in [3.05, 3.63) is 113 Å². The largest absolute Gasteiger partial charge is 0.493 e. The number of methoxy groups -OCH3 is 1. The van der Waals surface area contributed by atoms with Crippen molar-refractivity contribution < 1.29 is 22.1 Å². The van der Waals surface area contributed by atoms with Crippen molar-refractivity contribution in [1.29, 1.82) is 0 Å². The lowest BCUT2D eigenvalue weighted by Crippen LogP contribution is -2.36. The van der Waals surface area contributed by atoms with Crippen LogP contribution in [0.3, 0.4) is 0 Å². The van der Waals surface area contributed by atoms with Crippen LogP contribution in [-0.4, -0.2) is 60.4 Å². The Balaban J connectivity index is 1.57. The molecule has 5 rings (SSSR count). The van der Waals surface area contributed by atoms with Gasteiger partial charge in [0.2, 0.25) is 0 Å². The van der Waals surface area contributed by atoms with E-state index in [1.54, 1.807) is 29.2 Å². The molecule has 3 aromatic carbocycles. The lowest BCUT2D eigenvalue weighted by atomic mass is 9.87. The Morgan fingerprint density at radius 3 is 2.31 bits per heavy atom. The normalized spacial score (nSPS) is 15.0. The predicted molar refractivity (Wildman–Crippen MR) is 193 cm³/mol. The number of imidazole rings is 1. The van der Waals surface area contributed by atoms with Gasteiger partial charge in [0, 0.05) is 43.1 Å². The minimum atomic E-state index is -4.13. The standard InChI is InChI=1S/C39H48N4O5S/c1-9-41(10-2)38(44)30-18-16-29(17-19-30)37-33-23-36(48-49(45,46)32-14-12-11-13-15-32)35(47-8)22-31(33)20-21-42(37)25-34-28(4)43(26-40-34)27(3)24-39(5,6)7/h11-19,22-23,26,37H,3,9-10,20-21,24-25H2,1-2,4-8H3. The van der Waals surface area contributed by atoms with Gasteiger partial charge in [0.15, 0.2) is 11.5 Å². The Morgan fingerprint density at radius 1 is 1.02 bits per heavy atom. The summed E-state index contributed by atoms with van der Waals surface area (Å²) < 4.78 is 40.2. The number of benzene rings is 3. The van der Waals surface area contributed by atoms with Gasteiger partial charge in [0.1, 0.15) is 4.90 Å². The van der Waals surface area contributed by atoms with Crippen molar-refractivity contribution in [2.45, 2.75) is 71.9 Å². The van der Waals surface area contributed by atoms with Crippen molar-refractivity contribution in [3.8, 4) is 11.5 Å². The van der Waals surface area contributed by atoms with Crippen LogP contribution in [0.15, 0.2) is 84.5 Å². The Hall–Kier alpha value is -4.41. The maximum atomic E-state index is 13.3. The zero-order chi connectivity index (χ0) is 35.5. The van der Waals surface area contributed by atoms with Crippen LogP contribution in [0.1, 0.15) is 85.5 Å². The lowest BCUT2D eigenvalue weighted by Gasteiger charge is -2.38. The van der Waals surface area contributed by atoms with E-state index in [1.807, 2.05) is 50.5 Å². The Bertz CT molecular complexity index is 1910. The fourth-order valence-electron chi connectivity index (χ4n) is 6.53. The average Bonchev–Trinajstić information content (AvgIpc) is 3.44. The van der Waals surface area contributed by atoms with Crippen LogP contribution in [-0.2, 0) is 23.1 Å². The van der Waals surface area contributed by atoms with E-state index in [0.717, 1.165) is 46.7 Å². The van der Waals surface area contributed by atoms with Crippen molar-refractivity contribution in [1.82, 2.24) is 19.4 Å². The number of hydrogen-bond acceptors (Lipinski definition) is 7. The number of hydrogen-bond donors (Lipinski definition) is 0. The molecule has 9 nitrogen and oxygen atoms in total. The van der Waals surface area contributed by atoms with Crippen LogP contribution >= 0.6 is 0 Å². The van der Waals surface area contributed by atoms with Crippen LogP contribution in [0.25, 0.3) is 5.70 Å². The molecule has 1 unspecified atom stereocenters. The first-order valence-corrected chi connectivity index (χ1v) is 18.2. The van der Waals surface area contributed by atoms with Gasteiger partial charge in [0.05, 0.1) is 25.2 Å². The summed E-state index contributed by atoms with van der Waals surface area (Å²) in [6, 6.07) is 19.2. The fourth-order valence-corrected chi connectivity index (χ4v) is 7.48. The molecule has 0 fully saturated rings. The molecular weight excluding hydrogens is 637 g/mol. The van der Waals surface area contributed by atoms with Gasteiger partial charge in [-0.2, -0.15) is 8.42 Å². The van der Waals surface area contributed by atoms with Crippen molar-refractivity contribution in [2.75, 3.05) is 26.7 Å². The quantitative estimate of drug-likeness (QED) is 0.143. The van der Waals surface area contributed by atoms with Crippen LogP contribution in [0.5, 0.6) is 11.5 Å². The van der Waals surface area contributed by atoms with Gasteiger partial charge in [-0.1, -0.05) is 57.7 Å². The second kappa shape index (κ2) is 14.6. The SMILES string of the molecule is C=C(CC(C)(C)C)n1cnc(CN2CCc3cc(OC)c(OS(=O)(=O)c4ccccc4)cc3C2c2ccc(C(=O)N(CC)CC)cc2)c1C. The molecule has 1 atom stereocenters. The fraction of sp³-hybridized carbons (Fsp3) is 0.385. The van der Waals surface area contributed by atoms with Crippen LogP contribution in [0.4, 0.5) is 0 Å². The molecule has 0 N–H and O–H groups in total. The van der Waals surface area contributed by atoms with E-state index >= 15 is 0 Å². The van der Waals surface area contributed by atoms with Gasteiger partial charge in [-0.3, -0.25) is 9.69 Å². The molecule has 10 heteroatoms. The smallest absolute Gasteiger partial charge is 0.339 e. The number of allylic oxidation sites excluding steroid dienone is 1. The van der Waals surface area contributed by atoms with Crippen LogP contribution in [0.2, 0.25) is 0 Å². The van der Waals surface area contributed by atoms with E-state index in [4.69, 9.17) is 13.9 Å². The zero-order valence-electron chi connectivity index (χ0n) is 29.7. The minimum absolute atomic E-state index is 0.0133. The van der Waals surface area contributed by atoms with Gasteiger partial charge in [-0.25, -0.2) is 4.98 Å². The molecule has 49 heavy (non-hydrogen) atoms.